The summed E-state index contributed by atoms with van der Waals surface area (Å²) >= 11 is 0. The minimum absolute atomic E-state index is 0.171. The molecule has 0 radical (unpaired) electrons. The zero-order valence-electron chi connectivity index (χ0n) is 10.1. The van der Waals surface area contributed by atoms with E-state index in [1.165, 1.54) is 6.08 Å². The minimum Gasteiger partial charge on any atom is -0.461 e. The first-order valence-corrected chi connectivity index (χ1v) is 5.92. The van der Waals surface area contributed by atoms with E-state index in [0.29, 0.717) is 13.0 Å². The van der Waals surface area contributed by atoms with Gasteiger partial charge in [-0.3, -0.25) is 4.79 Å². The van der Waals surface area contributed by atoms with Crippen LogP contribution in [0, 0.1) is 0 Å². The van der Waals surface area contributed by atoms with Gasteiger partial charge in [0.1, 0.15) is 13.2 Å². The molecule has 0 saturated carbocycles. The summed E-state index contributed by atoms with van der Waals surface area (Å²) in [4.78, 5) is 21.9. The van der Waals surface area contributed by atoms with Crippen LogP contribution in [0.1, 0.15) is 32.6 Å². The molecule has 0 aromatic heterocycles. The van der Waals surface area contributed by atoms with Crippen molar-refractivity contribution in [3.8, 4) is 0 Å². The molecule has 0 aromatic carbocycles. The molecular weight excluding hydrogens is 220 g/mol. The Morgan fingerprint density at radius 2 is 2.35 bits per heavy atom. The first-order valence-electron chi connectivity index (χ1n) is 5.92. The lowest BCUT2D eigenvalue weighted by atomic mass is 10.2. The zero-order valence-corrected chi connectivity index (χ0v) is 10.1. The monoisotopic (exact) mass is 238 g/mol. The summed E-state index contributed by atoms with van der Waals surface area (Å²) < 4.78 is 9.72. The van der Waals surface area contributed by atoms with Crippen molar-refractivity contribution >= 4 is 11.9 Å². The van der Waals surface area contributed by atoms with Gasteiger partial charge in [0.25, 0.3) is 0 Å². The molecule has 1 rings (SSSR count). The van der Waals surface area contributed by atoms with Gasteiger partial charge >= 0.3 is 11.9 Å². The number of cyclic esters (lactones) is 1. The molecule has 4 heteroatoms. The Labute approximate surface area is 101 Å². The van der Waals surface area contributed by atoms with Crippen LogP contribution in [0.5, 0.6) is 0 Å². The van der Waals surface area contributed by atoms with E-state index in [4.69, 9.17) is 9.47 Å². The molecule has 0 unspecified atom stereocenters. The van der Waals surface area contributed by atoms with Crippen molar-refractivity contribution in [3.05, 3.63) is 23.8 Å². The van der Waals surface area contributed by atoms with Gasteiger partial charge < -0.3 is 9.47 Å². The molecule has 0 amide bonds. The maximum atomic E-state index is 11.2. The lowest BCUT2D eigenvalue weighted by Gasteiger charge is -2.00. The Kier molecular flexibility index (Phi) is 6.07. The number of unbranched alkanes of at least 4 members (excludes halogenated alkanes) is 2. The van der Waals surface area contributed by atoms with Gasteiger partial charge in [-0.1, -0.05) is 25.8 Å². The molecule has 0 spiro atoms. The van der Waals surface area contributed by atoms with E-state index >= 15 is 0 Å². The van der Waals surface area contributed by atoms with Crippen LogP contribution >= 0.6 is 0 Å². The van der Waals surface area contributed by atoms with E-state index in [-0.39, 0.29) is 18.5 Å². The Bertz CT molecular complexity index is 328. The summed E-state index contributed by atoms with van der Waals surface area (Å²) in [6, 6.07) is 0. The molecule has 0 saturated heterocycles. The number of carbonyl (C=O) groups excluding carboxylic acids is 2. The normalized spacial score (nSPS) is 14.9. The van der Waals surface area contributed by atoms with E-state index in [1.807, 2.05) is 0 Å². The average Bonchev–Trinajstić information content (AvgIpc) is 2.71. The molecular formula is C13H18O4. The summed E-state index contributed by atoms with van der Waals surface area (Å²) in [5.74, 6) is -0.489. The number of ether oxygens (including phenoxy) is 2. The molecule has 0 aliphatic carbocycles. The molecule has 0 bridgehead atoms. The molecule has 1 heterocycles. The molecule has 94 valence electrons. The predicted octanol–water partition coefficient (Wildman–Crippen LogP) is 2.15. The maximum Gasteiger partial charge on any atom is 0.331 e. The first-order chi connectivity index (χ1) is 8.22. The highest BCUT2D eigenvalue weighted by Gasteiger charge is 2.09. The summed E-state index contributed by atoms with van der Waals surface area (Å²) in [6.45, 7) is 2.64. The topological polar surface area (TPSA) is 52.6 Å². The van der Waals surface area contributed by atoms with Crippen LogP contribution < -0.4 is 0 Å². The van der Waals surface area contributed by atoms with E-state index in [1.54, 1.807) is 12.2 Å². The SMILES string of the molecule is CCCCCC(=O)OC/C=C/C1=CC(=O)OC1. The number of esters is 2. The quantitative estimate of drug-likeness (QED) is 0.503. The van der Waals surface area contributed by atoms with Crippen LogP contribution in [0.3, 0.4) is 0 Å². The van der Waals surface area contributed by atoms with Gasteiger partial charge in [0.05, 0.1) is 0 Å². The molecule has 0 atom stereocenters. The summed E-state index contributed by atoms with van der Waals surface area (Å²) in [5, 5.41) is 0. The van der Waals surface area contributed by atoms with Crippen molar-refractivity contribution in [2.45, 2.75) is 32.6 Å². The van der Waals surface area contributed by atoms with E-state index in [9.17, 15) is 9.59 Å². The maximum absolute atomic E-state index is 11.2. The standard InChI is InChI=1S/C13H18O4/c1-2-3-4-7-12(14)16-8-5-6-11-9-13(15)17-10-11/h5-6,9H,2-4,7-8,10H2,1H3/b6-5+. The van der Waals surface area contributed by atoms with Crippen molar-refractivity contribution in [1.82, 2.24) is 0 Å². The summed E-state index contributed by atoms with van der Waals surface area (Å²) in [5.41, 5.74) is 0.803. The highest BCUT2D eigenvalue weighted by Crippen LogP contribution is 2.07. The van der Waals surface area contributed by atoms with E-state index in [0.717, 1.165) is 24.8 Å². The molecule has 0 fully saturated rings. The fraction of sp³-hybridized carbons (Fsp3) is 0.538. The number of rotatable bonds is 7. The van der Waals surface area contributed by atoms with Gasteiger partial charge in [0, 0.05) is 12.5 Å². The van der Waals surface area contributed by atoms with Crippen molar-refractivity contribution < 1.29 is 19.1 Å². The fourth-order valence-corrected chi connectivity index (χ4v) is 1.42. The Morgan fingerprint density at radius 3 is 3.00 bits per heavy atom. The number of hydrogen-bond acceptors (Lipinski definition) is 4. The number of carbonyl (C=O) groups is 2. The summed E-state index contributed by atoms with van der Waals surface area (Å²) in [7, 11) is 0. The van der Waals surface area contributed by atoms with Gasteiger partial charge in [-0.25, -0.2) is 4.79 Å². The van der Waals surface area contributed by atoms with Crippen LogP contribution in [0.15, 0.2) is 23.8 Å². The highest BCUT2D eigenvalue weighted by atomic mass is 16.5. The van der Waals surface area contributed by atoms with Crippen LogP contribution in [-0.2, 0) is 19.1 Å². The Balaban J connectivity index is 2.10. The summed E-state index contributed by atoms with van der Waals surface area (Å²) in [6.07, 6.45) is 8.39. The average molecular weight is 238 g/mol. The second kappa shape index (κ2) is 7.65. The molecule has 1 aliphatic rings. The smallest absolute Gasteiger partial charge is 0.331 e. The van der Waals surface area contributed by atoms with E-state index in [2.05, 4.69) is 6.92 Å². The third-order valence-electron chi connectivity index (χ3n) is 2.34. The van der Waals surface area contributed by atoms with Crippen molar-refractivity contribution in [2.24, 2.45) is 0 Å². The lowest BCUT2D eigenvalue weighted by molar-refractivity contribution is -0.142. The van der Waals surface area contributed by atoms with E-state index < -0.39 is 0 Å². The van der Waals surface area contributed by atoms with Crippen molar-refractivity contribution in [2.75, 3.05) is 13.2 Å². The zero-order chi connectivity index (χ0) is 12.5. The third-order valence-corrected chi connectivity index (χ3v) is 2.34. The third kappa shape index (κ3) is 5.90. The van der Waals surface area contributed by atoms with Gasteiger partial charge in [-0.15, -0.1) is 0 Å². The molecule has 0 N–H and O–H groups in total. The van der Waals surface area contributed by atoms with Gasteiger partial charge in [0.2, 0.25) is 0 Å². The minimum atomic E-state index is -0.318. The molecule has 1 aliphatic heterocycles. The number of hydrogen-bond donors (Lipinski definition) is 0. The Morgan fingerprint density at radius 1 is 1.53 bits per heavy atom. The largest absolute Gasteiger partial charge is 0.461 e. The first kappa shape index (κ1) is 13.5. The van der Waals surface area contributed by atoms with Crippen LogP contribution in [0.25, 0.3) is 0 Å². The second-order valence-corrected chi connectivity index (χ2v) is 3.87. The van der Waals surface area contributed by atoms with Crippen molar-refractivity contribution in [1.29, 1.82) is 0 Å². The van der Waals surface area contributed by atoms with Gasteiger partial charge in [0.15, 0.2) is 0 Å². The van der Waals surface area contributed by atoms with Gasteiger partial charge in [-0.2, -0.15) is 0 Å². The van der Waals surface area contributed by atoms with Crippen molar-refractivity contribution in [3.63, 3.8) is 0 Å². The molecule has 0 aromatic rings. The molecule has 17 heavy (non-hydrogen) atoms. The highest BCUT2D eigenvalue weighted by molar-refractivity contribution is 5.85. The Hall–Kier alpha value is -1.58. The van der Waals surface area contributed by atoms with Gasteiger partial charge in [-0.05, 0) is 18.1 Å². The van der Waals surface area contributed by atoms with Crippen LogP contribution in [0.4, 0.5) is 0 Å². The lowest BCUT2D eigenvalue weighted by Crippen LogP contribution is -2.03. The predicted molar refractivity (Wildman–Crippen MR) is 63.3 cm³/mol. The molecule has 4 nitrogen and oxygen atoms in total. The van der Waals surface area contributed by atoms with Crippen LogP contribution in [-0.4, -0.2) is 25.2 Å². The second-order valence-electron chi connectivity index (χ2n) is 3.87. The van der Waals surface area contributed by atoms with Crippen LogP contribution in [0.2, 0.25) is 0 Å². The fourth-order valence-electron chi connectivity index (χ4n) is 1.42.